The van der Waals surface area contributed by atoms with Gasteiger partial charge in [-0.2, -0.15) is 0 Å². The summed E-state index contributed by atoms with van der Waals surface area (Å²) < 4.78 is 48.6. The number of nitrogens with one attached hydrogen (secondary N) is 1. The third kappa shape index (κ3) is 6.03. The Morgan fingerprint density at radius 3 is 2.49 bits per heavy atom. The minimum Gasteiger partial charge on any atom is -0.482 e. The number of carbonyl (C=O) groups is 2. The number of aromatic nitrogens is 1. The Morgan fingerprint density at radius 1 is 1.12 bits per heavy atom. The molecule has 1 N–H and O–H groups in total. The third-order valence-corrected chi connectivity index (χ3v) is 6.75. The molecule has 2 amide bonds. The van der Waals surface area contributed by atoms with Gasteiger partial charge in [0.2, 0.25) is 5.43 Å². The molecule has 2 aromatic carbocycles. The first-order valence-corrected chi connectivity index (χ1v) is 12.8. The number of pyridine rings is 1. The number of rotatable bonds is 11. The number of fused-ring (bicyclic) bond motifs is 1. The van der Waals surface area contributed by atoms with E-state index in [4.69, 9.17) is 4.74 Å². The first kappa shape index (κ1) is 29.2. The molecule has 2 unspecified atom stereocenters. The lowest BCUT2D eigenvalue weighted by Crippen LogP contribution is -2.59. The summed E-state index contributed by atoms with van der Waals surface area (Å²) in [5.41, 5.74) is -0.773. The Hall–Kier alpha value is -4.80. The van der Waals surface area contributed by atoms with Gasteiger partial charge in [-0.3, -0.25) is 24.1 Å². The molecule has 0 radical (unpaired) electrons. The normalized spacial score (nSPS) is 14.2. The van der Waals surface area contributed by atoms with Crippen molar-refractivity contribution in [2.75, 3.05) is 18.4 Å². The van der Waals surface area contributed by atoms with Crippen LogP contribution in [0.2, 0.25) is 0 Å². The molecule has 0 bridgehead atoms. The zero-order valence-corrected chi connectivity index (χ0v) is 22.4. The predicted octanol–water partition coefficient (Wildman–Crippen LogP) is 4.09. The average molecular weight is 567 g/mol. The molecular formula is C30H29F3N4O4. The van der Waals surface area contributed by atoms with Crippen molar-refractivity contribution < 1.29 is 27.5 Å². The molecular weight excluding hydrogens is 537 g/mol. The number of ether oxygens (including phenoxy) is 1. The van der Waals surface area contributed by atoms with Crippen LogP contribution in [0.3, 0.4) is 0 Å². The lowest BCUT2D eigenvalue weighted by Gasteiger charge is -2.44. The van der Waals surface area contributed by atoms with E-state index in [2.05, 4.69) is 18.5 Å². The van der Waals surface area contributed by atoms with Crippen molar-refractivity contribution in [1.82, 2.24) is 14.9 Å². The number of halogens is 3. The largest absolute Gasteiger partial charge is 0.482 e. The van der Waals surface area contributed by atoms with Crippen LogP contribution in [0.25, 0.3) is 0 Å². The zero-order valence-electron chi connectivity index (χ0n) is 22.4. The summed E-state index contributed by atoms with van der Waals surface area (Å²) in [6.45, 7) is 7.74. The van der Waals surface area contributed by atoms with Crippen molar-refractivity contribution in [3.63, 3.8) is 0 Å². The molecule has 1 aromatic heterocycles. The van der Waals surface area contributed by atoms with Gasteiger partial charge in [0.1, 0.15) is 37.1 Å². The summed E-state index contributed by atoms with van der Waals surface area (Å²) in [5.74, 6) is -3.60. The van der Waals surface area contributed by atoms with Crippen LogP contribution in [-0.4, -0.2) is 46.8 Å². The Morgan fingerprint density at radius 2 is 1.85 bits per heavy atom. The van der Waals surface area contributed by atoms with Gasteiger partial charge in [-0.05, 0) is 18.6 Å². The molecule has 0 saturated carbocycles. The fourth-order valence-electron chi connectivity index (χ4n) is 4.34. The molecule has 3 aromatic rings. The molecule has 41 heavy (non-hydrogen) atoms. The average Bonchev–Trinajstić information content (AvgIpc) is 2.97. The van der Waals surface area contributed by atoms with Gasteiger partial charge in [0.25, 0.3) is 11.8 Å². The first-order chi connectivity index (χ1) is 19.7. The molecule has 2 heterocycles. The Balaban J connectivity index is 1.82. The lowest BCUT2D eigenvalue weighted by molar-refractivity contribution is 0.0605. The highest BCUT2D eigenvalue weighted by Gasteiger charge is 2.38. The van der Waals surface area contributed by atoms with Crippen molar-refractivity contribution in [3.05, 3.63) is 124 Å². The summed E-state index contributed by atoms with van der Waals surface area (Å²) in [6, 6.07) is 10.4. The van der Waals surface area contributed by atoms with Crippen molar-refractivity contribution in [2.45, 2.75) is 32.2 Å². The fraction of sp³-hybridized carbons (Fsp3) is 0.233. The second-order valence-electron chi connectivity index (χ2n) is 9.38. The summed E-state index contributed by atoms with van der Waals surface area (Å²) in [6.07, 6.45) is 4.07. The Labute approximate surface area is 234 Å². The van der Waals surface area contributed by atoms with Gasteiger partial charge in [0, 0.05) is 24.4 Å². The van der Waals surface area contributed by atoms with E-state index in [1.165, 1.54) is 27.9 Å². The first-order valence-electron chi connectivity index (χ1n) is 12.8. The van der Waals surface area contributed by atoms with Crippen LogP contribution in [0.1, 0.15) is 38.9 Å². The lowest BCUT2D eigenvalue weighted by atomic mass is 10.1. The molecule has 0 saturated heterocycles. The smallest absolute Gasteiger partial charge is 0.278 e. The van der Waals surface area contributed by atoms with E-state index in [0.29, 0.717) is 11.6 Å². The van der Waals surface area contributed by atoms with Gasteiger partial charge >= 0.3 is 0 Å². The summed E-state index contributed by atoms with van der Waals surface area (Å²) >= 11 is 0. The van der Waals surface area contributed by atoms with E-state index in [-0.39, 0.29) is 36.6 Å². The number of carbonyl (C=O) groups excluding carboxylic acids is 2. The predicted molar refractivity (Wildman–Crippen MR) is 148 cm³/mol. The van der Waals surface area contributed by atoms with Gasteiger partial charge in [0.05, 0.1) is 12.1 Å². The second-order valence-corrected chi connectivity index (χ2v) is 9.38. The highest BCUT2D eigenvalue weighted by atomic mass is 19.1. The van der Waals surface area contributed by atoms with E-state index in [1.54, 1.807) is 48.3 Å². The molecule has 0 spiro atoms. The number of hydrogen-bond acceptors (Lipinski definition) is 5. The molecule has 8 nitrogen and oxygen atoms in total. The van der Waals surface area contributed by atoms with E-state index in [1.807, 2.05) is 0 Å². The molecule has 2 atom stereocenters. The molecule has 11 heteroatoms. The highest BCUT2D eigenvalue weighted by Crippen LogP contribution is 2.26. The number of hydrogen-bond donors (Lipinski definition) is 1. The van der Waals surface area contributed by atoms with Crippen molar-refractivity contribution in [2.24, 2.45) is 0 Å². The maximum absolute atomic E-state index is 14.1. The third-order valence-electron chi connectivity index (χ3n) is 6.75. The topological polar surface area (TPSA) is 83.9 Å². The zero-order chi connectivity index (χ0) is 29.7. The fourth-order valence-corrected chi connectivity index (χ4v) is 4.34. The van der Waals surface area contributed by atoms with E-state index in [9.17, 15) is 27.6 Å². The second kappa shape index (κ2) is 12.6. The van der Waals surface area contributed by atoms with Crippen molar-refractivity contribution >= 4 is 11.8 Å². The van der Waals surface area contributed by atoms with E-state index < -0.39 is 53.4 Å². The van der Waals surface area contributed by atoms with Crippen molar-refractivity contribution in [3.8, 4) is 5.75 Å². The van der Waals surface area contributed by atoms with Gasteiger partial charge in [-0.15, -0.1) is 13.2 Å². The molecule has 1 aliphatic heterocycles. The number of alkyl halides is 1. The van der Waals surface area contributed by atoms with Crippen LogP contribution < -0.4 is 20.5 Å². The number of benzene rings is 2. The van der Waals surface area contributed by atoms with Crippen LogP contribution in [0.4, 0.5) is 13.2 Å². The highest BCUT2D eigenvalue weighted by molar-refractivity contribution is 5.99. The van der Waals surface area contributed by atoms with Crippen LogP contribution in [-0.2, 0) is 13.2 Å². The number of amides is 2. The molecule has 0 fully saturated rings. The van der Waals surface area contributed by atoms with Gasteiger partial charge in [-0.25, -0.2) is 13.2 Å². The minimum absolute atomic E-state index is 0.00720. The molecule has 0 aliphatic carbocycles. The van der Waals surface area contributed by atoms with Crippen molar-refractivity contribution in [1.29, 1.82) is 0 Å². The van der Waals surface area contributed by atoms with Gasteiger partial charge < -0.3 is 15.0 Å². The quantitative estimate of drug-likeness (QED) is 0.354. The molecule has 214 valence electrons. The van der Waals surface area contributed by atoms with Gasteiger partial charge in [-0.1, -0.05) is 48.6 Å². The van der Waals surface area contributed by atoms with Crippen LogP contribution in [0.5, 0.6) is 5.75 Å². The van der Waals surface area contributed by atoms with Crippen LogP contribution in [0, 0.1) is 11.6 Å². The summed E-state index contributed by atoms with van der Waals surface area (Å²) in [7, 11) is 0. The monoisotopic (exact) mass is 566 g/mol. The van der Waals surface area contributed by atoms with Gasteiger partial charge in [0.15, 0.2) is 11.4 Å². The number of nitrogens with zero attached hydrogens (tertiary/aromatic N) is 3. The minimum atomic E-state index is -0.985. The van der Waals surface area contributed by atoms with E-state index in [0.717, 1.165) is 6.07 Å². The van der Waals surface area contributed by atoms with E-state index >= 15 is 0 Å². The Bertz CT molecular complexity index is 1530. The van der Waals surface area contributed by atoms with Crippen LogP contribution in [0.15, 0.2) is 84.8 Å². The SMILES string of the molecule is C=CC(CF)N1CN(C(C)C=C)n2cc(C(=O)NCc3ccc(F)cc3F)c(=O)c(OCc3ccccc3)c2C1=O. The summed E-state index contributed by atoms with van der Waals surface area (Å²) in [5, 5.41) is 4.08. The Kier molecular flexibility index (Phi) is 8.96. The standard InChI is InChI=1S/C30H29F3N4O4/c1-4-19(3)37-18-35(23(5-2)14-31)30(40)26-28(41-17-20-9-7-6-8-10-20)27(38)24(16-36(26)37)29(39)34-15-21-11-12-22(32)13-25(21)33/h4-13,16,19,23H,1-2,14-15,17-18H2,3H3,(H,34,39). The maximum atomic E-state index is 14.1. The molecule has 4 rings (SSSR count). The van der Waals surface area contributed by atoms with Crippen LogP contribution >= 0.6 is 0 Å². The summed E-state index contributed by atoms with van der Waals surface area (Å²) in [4.78, 5) is 41.9. The maximum Gasteiger partial charge on any atom is 0.278 e. The molecule has 1 aliphatic rings.